The largest absolute Gasteiger partial charge is 0.348 e. The predicted octanol–water partition coefficient (Wildman–Crippen LogP) is 0.974. The fourth-order valence-corrected chi connectivity index (χ4v) is 2.45. The zero-order chi connectivity index (χ0) is 13.2. The summed E-state index contributed by atoms with van der Waals surface area (Å²) in [5.74, 6) is -0.495. The number of aromatic nitrogens is 2. The van der Waals surface area contributed by atoms with Crippen LogP contribution in [0.25, 0.3) is 0 Å². The molecule has 2 aliphatic rings. The van der Waals surface area contributed by atoms with Gasteiger partial charge in [0.2, 0.25) is 0 Å². The van der Waals surface area contributed by atoms with Crippen LogP contribution in [0.2, 0.25) is 0 Å². The van der Waals surface area contributed by atoms with E-state index in [2.05, 4.69) is 20.6 Å². The van der Waals surface area contributed by atoms with E-state index in [0.29, 0.717) is 0 Å². The van der Waals surface area contributed by atoms with Crippen LogP contribution in [0, 0.1) is 0 Å². The molecule has 0 unspecified atom stereocenters. The Balaban J connectivity index is 1.67. The van der Waals surface area contributed by atoms with Gasteiger partial charge in [0.05, 0.1) is 6.33 Å². The summed E-state index contributed by atoms with van der Waals surface area (Å²) in [6, 6.07) is 0.491. The third kappa shape index (κ3) is 2.77. The van der Waals surface area contributed by atoms with E-state index in [1.807, 2.05) is 0 Å². The van der Waals surface area contributed by atoms with Crippen molar-refractivity contribution in [3.63, 3.8) is 0 Å². The van der Waals surface area contributed by atoms with E-state index in [4.69, 9.17) is 0 Å². The van der Waals surface area contributed by atoms with Gasteiger partial charge in [-0.05, 0) is 25.7 Å². The van der Waals surface area contributed by atoms with Gasteiger partial charge in [0.15, 0.2) is 5.69 Å². The fraction of sp³-hybridized carbons (Fsp3) is 0.615. The second-order valence-corrected chi connectivity index (χ2v) is 5.33. The molecular formula is C13H18N4O2. The van der Waals surface area contributed by atoms with Crippen molar-refractivity contribution in [3.05, 3.63) is 17.7 Å². The monoisotopic (exact) mass is 262 g/mol. The Morgan fingerprint density at radius 1 is 1.05 bits per heavy atom. The van der Waals surface area contributed by atoms with Crippen LogP contribution in [0.4, 0.5) is 0 Å². The number of imidazole rings is 1. The standard InChI is InChI=1S/C13H18N4O2/c18-12(16-8-3-1-2-4-8)10-11(15-7-14-10)13(19)17-9-5-6-9/h7-9H,1-6H2,(H,14,15)(H,16,18)(H,17,19). The molecule has 2 fully saturated rings. The van der Waals surface area contributed by atoms with E-state index in [1.54, 1.807) is 0 Å². The summed E-state index contributed by atoms with van der Waals surface area (Å²) < 4.78 is 0. The first-order valence-electron chi connectivity index (χ1n) is 6.89. The lowest BCUT2D eigenvalue weighted by molar-refractivity contribution is 0.0903. The molecule has 6 heteroatoms. The highest BCUT2D eigenvalue weighted by Crippen LogP contribution is 2.20. The predicted molar refractivity (Wildman–Crippen MR) is 68.8 cm³/mol. The molecule has 0 spiro atoms. The minimum Gasteiger partial charge on any atom is -0.348 e. The van der Waals surface area contributed by atoms with Crippen LogP contribution in [0.5, 0.6) is 0 Å². The quantitative estimate of drug-likeness (QED) is 0.755. The molecular weight excluding hydrogens is 244 g/mol. The van der Waals surface area contributed by atoms with Gasteiger partial charge in [0.1, 0.15) is 5.69 Å². The van der Waals surface area contributed by atoms with Crippen LogP contribution < -0.4 is 10.6 Å². The average molecular weight is 262 g/mol. The van der Waals surface area contributed by atoms with Crippen LogP contribution in [0.3, 0.4) is 0 Å². The van der Waals surface area contributed by atoms with Crippen LogP contribution in [-0.2, 0) is 0 Å². The van der Waals surface area contributed by atoms with Crippen molar-refractivity contribution in [1.29, 1.82) is 0 Å². The van der Waals surface area contributed by atoms with Crippen molar-refractivity contribution in [2.45, 2.75) is 50.6 Å². The van der Waals surface area contributed by atoms with E-state index in [9.17, 15) is 9.59 Å². The molecule has 0 radical (unpaired) electrons. The van der Waals surface area contributed by atoms with Crippen molar-refractivity contribution >= 4 is 11.8 Å². The highest BCUT2D eigenvalue weighted by Gasteiger charge is 2.28. The summed E-state index contributed by atoms with van der Waals surface area (Å²) in [6.07, 6.45) is 7.76. The maximum absolute atomic E-state index is 12.1. The number of H-pyrrole nitrogens is 1. The molecule has 1 heterocycles. The van der Waals surface area contributed by atoms with Crippen molar-refractivity contribution in [1.82, 2.24) is 20.6 Å². The molecule has 0 atom stereocenters. The molecule has 1 aromatic heterocycles. The minimum atomic E-state index is -0.255. The van der Waals surface area contributed by atoms with Crippen molar-refractivity contribution in [2.75, 3.05) is 0 Å². The Morgan fingerprint density at radius 2 is 1.68 bits per heavy atom. The van der Waals surface area contributed by atoms with Crippen LogP contribution >= 0.6 is 0 Å². The molecule has 19 heavy (non-hydrogen) atoms. The number of nitrogens with zero attached hydrogens (tertiary/aromatic N) is 1. The number of amides is 2. The second kappa shape index (κ2) is 5.03. The highest BCUT2D eigenvalue weighted by atomic mass is 16.2. The van der Waals surface area contributed by atoms with Crippen LogP contribution in [0.15, 0.2) is 6.33 Å². The Kier molecular flexibility index (Phi) is 3.23. The number of carbonyl (C=O) groups is 2. The lowest BCUT2D eigenvalue weighted by Crippen LogP contribution is -2.35. The zero-order valence-corrected chi connectivity index (χ0v) is 10.7. The summed E-state index contributed by atoms with van der Waals surface area (Å²) in [7, 11) is 0. The maximum Gasteiger partial charge on any atom is 0.272 e. The van der Waals surface area contributed by atoms with Crippen molar-refractivity contribution in [3.8, 4) is 0 Å². The molecule has 3 rings (SSSR count). The topological polar surface area (TPSA) is 86.9 Å². The smallest absolute Gasteiger partial charge is 0.272 e. The van der Waals surface area contributed by atoms with Gasteiger partial charge in [0.25, 0.3) is 11.8 Å². The van der Waals surface area contributed by atoms with Gasteiger partial charge < -0.3 is 15.6 Å². The number of carbonyl (C=O) groups excluding carboxylic acids is 2. The van der Waals surface area contributed by atoms with Crippen LogP contribution in [-0.4, -0.2) is 33.9 Å². The summed E-state index contributed by atoms with van der Waals surface area (Å²) in [4.78, 5) is 30.8. The first-order valence-corrected chi connectivity index (χ1v) is 6.89. The SMILES string of the molecule is O=C(NC1CCCC1)c1nc[nH]c1C(=O)NC1CC1. The lowest BCUT2D eigenvalue weighted by atomic mass is 10.2. The van der Waals surface area contributed by atoms with Crippen LogP contribution in [0.1, 0.15) is 59.5 Å². The molecule has 1 aromatic rings. The first kappa shape index (κ1) is 12.2. The molecule has 0 aromatic carbocycles. The van der Waals surface area contributed by atoms with Gasteiger partial charge >= 0.3 is 0 Å². The van der Waals surface area contributed by atoms with Gasteiger partial charge in [-0.15, -0.1) is 0 Å². The molecule has 2 amide bonds. The minimum absolute atomic E-state index is 0.199. The van der Waals surface area contributed by atoms with Gasteiger partial charge in [-0.2, -0.15) is 0 Å². The number of hydrogen-bond donors (Lipinski definition) is 3. The molecule has 0 saturated heterocycles. The third-order valence-electron chi connectivity index (χ3n) is 3.68. The van der Waals surface area contributed by atoms with E-state index in [-0.39, 0.29) is 35.3 Å². The Morgan fingerprint density at radius 3 is 2.37 bits per heavy atom. The Hall–Kier alpha value is -1.85. The molecule has 102 valence electrons. The lowest BCUT2D eigenvalue weighted by Gasteiger charge is -2.11. The Bertz CT molecular complexity index is 487. The van der Waals surface area contributed by atoms with E-state index < -0.39 is 0 Å². The van der Waals surface area contributed by atoms with Crippen molar-refractivity contribution < 1.29 is 9.59 Å². The van der Waals surface area contributed by atoms with E-state index >= 15 is 0 Å². The van der Waals surface area contributed by atoms with Crippen molar-refractivity contribution in [2.24, 2.45) is 0 Å². The average Bonchev–Trinajstić information content (AvgIpc) is 2.91. The first-order chi connectivity index (χ1) is 9.24. The van der Waals surface area contributed by atoms with Gasteiger partial charge in [-0.3, -0.25) is 9.59 Å². The third-order valence-corrected chi connectivity index (χ3v) is 3.68. The van der Waals surface area contributed by atoms with E-state index in [1.165, 1.54) is 6.33 Å². The number of aromatic amines is 1. The number of rotatable bonds is 4. The summed E-state index contributed by atoms with van der Waals surface area (Å²) in [5.41, 5.74) is 0.465. The highest BCUT2D eigenvalue weighted by molar-refractivity contribution is 6.05. The normalized spacial score (nSPS) is 19.4. The molecule has 3 N–H and O–H groups in total. The van der Waals surface area contributed by atoms with Gasteiger partial charge in [0, 0.05) is 12.1 Å². The number of nitrogens with one attached hydrogen (secondary N) is 3. The van der Waals surface area contributed by atoms with Gasteiger partial charge in [-0.1, -0.05) is 12.8 Å². The molecule has 2 aliphatic carbocycles. The second-order valence-electron chi connectivity index (χ2n) is 5.33. The zero-order valence-electron chi connectivity index (χ0n) is 10.7. The maximum atomic E-state index is 12.1. The van der Waals surface area contributed by atoms with Gasteiger partial charge in [-0.25, -0.2) is 4.98 Å². The van der Waals surface area contributed by atoms with E-state index in [0.717, 1.165) is 38.5 Å². The summed E-state index contributed by atoms with van der Waals surface area (Å²) in [5, 5.41) is 5.80. The number of hydrogen-bond acceptors (Lipinski definition) is 3. The molecule has 6 nitrogen and oxygen atoms in total. The summed E-state index contributed by atoms with van der Waals surface area (Å²) in [6.45, 7) is 0. The Labute approximate surface area is 111 Å². The molecule has 2 saturated carbocycles. The molecule has 0 bridgehead atoms. The molecule has 0 aliphatic heterocycles. The summed E-state index contributed by atoms with van der Waals surface area (Å²) >= 11 is 0. The fourth-order valence-electron chi connectivity index (χ4n) is 2.45.